The Morgan fingerprint density at radius 3 is 2.86 bits per heavy atom. The Balaban J connectivity index is 1.91. The van der Waals surface area contributed by atoms with Crippen molar-refractivity contribution in [3.05, 3.63) is 18.0 Å². The first-order valence-corrected chi connectivity index (χ1v) is 6.67. The lowest BCUT2D eigenvalue weighted by atomic mass is 10.2. The SMILES string of the molecule is COC(=O)C1CCCN1C(=O)CCn1ccc(C(=O)O)n1. The van der Waals surface area contributed by atoms with Crippen LogP contribution in [0.15, 0.2) is 12.3 Å². The molecule has 1 aromatic rings. The summed E-state index contributed by atoms with van der Waals surface area (Å²) in [5.74, 6) is -1.66. The molecule has 114 valence electrons. The van der Waals surface area contributed by atoms with E-state index in [0.717, 1.165) is 6.42 Å². The maximum absolute atomic E-state index is 12.2. The molecule has 1 atom stereocenters. The number of likely N-dealkylation sites (tertiary alicyclic amines) is 1. The predicted molar refractivity (Wildman–Crippen MR) is 70.6 cm³/mol. The van der Waals surface area contributed by atoms with Gasteiger partial charge in [-0.15, -0.1) is 0 Å². The van der Waals surface area contributed by atoms with Crippen molar-refractivity contribution in [3.63, 3.8) is 0 Å². The third kappa shape index (κ3) is 3.39. The van der Waals surface area contributed by atoms with Crippen molar-refractivity contribution in [2.75, 3.05) is 13.7 Å². The average Bonchev–Trinajstić information content (AvgIpc) is 3.12. The van der Waals surface area contributed by atoms with Crippen molar-refractivity contribution in [2.45, 2.75) is 31.8 Å². The Hall–Kier alpha value is -2.38. The van der Waals surface area contributed by atoms with E-state index in [0.29, 0.717) is 13.0 Å². The van der Waals surface area contributed by atoms with Crippen LogP contribution in [-0.2, 0) is 20.9 Å². The monoisotopic (exact) mass is 295 g/mol. The molecule has 1 aromatic heterocycles. The third-order valence-electron chi connectivity index (χ3n) is 3.46. The van der Waals surface area contributed by atoms with E-state index in [1.165, 1.54) is 29.0 Å². The highest BCUT2D eigenvalue weighted by Crippen LogP contribution is 2.19. The molecule has 1 unspecified atom stereocenters. The predicted octanol–water partition coefficient (Wildman–Crippen LogP) is 0.135. The highest BCUT2D eigenvalue weighted by Gasteiger charge is 2.34. The Morgan fingerprint density at radius 1 is 1.48 bits per heavy atom. The number of hydrogen-bond donors (Lipinski definition) is 1. The molecule has 0 saturated carbocycles. The smallest absolute Gasteiger partial charge is 0.356 e. The molecule has 1 N–H and O–H groups in total. The average molecular weight is 295 g/mol. The second-order valence-electron chi connectivity index (χ2n) is 4.79. The summed E-state index contributed by atoms with van der Waals surface area (Å²) in [4.78, 5) is 36.0. The van der Waals surface area contributed by atoms with Gasteiger partial charge in [0.2, 0.25) is 5.91 Å². The zero-order valence-electron chi connectivity index (χ0n) is 11.7. The van der Waals surface area contributed by atoms with Gasteiger partial charge in [0.05, 0.1) is 7.11 Å². The first-order valence-electron chi connectivity index (χ1n) is 6.67. The van der Waals surface area contributed by atoms with Gasteiger partial charge in [0.1, 0.15) is 6.04 Å². The molecule has 21 heavy (non-hydrogen) atoms. The van der Waals surface area contributed by atoms with Gasteiger partial charge in [-0.3, -0.25) is 9.48 Å². The molecule has 0 bridgehead atoms. The number of rotatable bonds is 5. The molecule has 2 heterocycles. The number of hydrogen-bond acceptors (Lipinski definition) is 5. The number of carbonyl (C=O) groups is 3. The molecule has 0 spiro atoms. The number of aromatic carboxylic acids is 1. The van der Waals surface area contributed by atoms with Crippen LogP contribution in [0.3, 0.4) is 0 Å². The summed E-state index contributed by atoms with van der Waals surface area (Å²) >= 11 is 0. The van der Waals surface area contributed by atoms with E-state index in [4.69, 9.17) is 9.84 Å². The Bertz CT molecular complexity index is 554. The fourth-order valence-electron chi connectivity index (χ4n) is 2.40. The fourth-order valence-corrected chi connectivity index (χ4v) is 2.40. The summed E-state index contributed by atoms with van der Waals surface area (Å²) in [5, 5.41) is 12.6. The van der Waals surface area contributed by atoms with Gasteiger partial charge in [-0.25, -0.2) is 9.59 Å². The first kappa shape index (κ1) is 15.0. The van der Waals surface area contributed by atoms with Crippen LogP contribution in [0.25, 0.3) is 0 Å². The minimum Gasteiger partial charge on any atom is -0.476 e. The minimum atomic E-state index is -1.11. The summed E-state index contributed by atoms with van der Waals surface area (Å²) in [5.41, 5.74) is -0.0592. The van der Waals surface area contributed by atoms with Crippen molar-refractivity contribution in [1.82, 2.24) is 14.7 Å². The highest BCUT2D eigenvalue weighted by atomic mass is 16.5. The van der Waals surface area contributed by atoms with Crippen LogP contribution in [0, 0.1) is 0 Å². The normalized spacial score (nSPS) is 17.8. The van der Waals surface area contributed by atoms with Gasteiger partial charge in [0.25, 0.3) is 0 Å². The molecule has 1 aliphatic rings. The van der Waals surface area contributed by atoms with Crippen molar-refractivity contribution in [3.8, 4) is 0 Å². The van der Waals surface area contributed by atoms with E-state index in [9.17, 15) is 14.4 Å². The summed E-state index contributed by atoms with van der Waals surface area (Å²) < 4.78 is 6.10. The molecular formula is C13H17N3O5. The second-order valence-corrected chi connectivity index (χ2v) is 4.79. The zero-order valence-corrected chi connectivity index (χ0v) is 11.7. The van der Waals surface area contributed by atoms with E-state index >= 15 is 0 Å². The number of ether oxygens (including phenoxy) is 1. The van der Waals surface area contributed by atoms with Gasteiger partial charge >= 0.3 is 11.9 Å². The zero-order chi connectivity index (χ0) is 15.4. The van der Waals surface area contributed by atoms with Crippen LogP contribution in [0.2, 0.25) is 0 Å². The maximum atomic E-state index is 12.2. The fraction of sp³-hybridized carbons (Fsp3) is 0.538. The van der Waals surface area contributed by atoms with Crippen molar-refractivity contribution < 1.29 is 24.2 Å². The van der Waals surface area contributed by atoms with E-state index in [1.54, 1.807) is 0 Å². The second kappa shape index (κ2) is 6.38. The molecule has 1 aliphatic heterocycles. The Morgan fingerprint density at radius 2 is 2.24 bits per heavy atom. The molecular weight excluding hydrogens is 278 g/mol. The van der Waals surface area contributed by atoms with Crippen LogP contribution in [0.5, 0.6) is 0 Å². The molecule has 1 saturated heterocycles. The quantitative estimate of drug-likeness (QED) is 0.775. The molecule has 8 nitrogen and oxygen atoms in total. The third-order valence-corrected chi connectivity index (χ3v) is 3.46. The summed E-state index contributed by atoms with van der Waals surface area (Å²) in [7, 11) is 1.31. The van der Waals surface area contributed by atoms with E-state index in [1.807, 2.05) is 0 Å². The van der Waals surface area contributed by atoms with Crippen LogP contribution in [0.1, 0.15) is 29.8 Å². The maximum Gasteiger partial charge on any atom is 0.356 e. The lowest BCUT2D eigenvalue weighted by Crippen LogP contribution is -2.41. The van der Waals surface area contributed by atoms with Crippen molar-refractivity contribution in [1.29, 1.82) is 0 Å². The number of methoxy groups -OCH3 is 1. The number of aryl methyl sites for hydroxylation is 1. The number of carbonyl (C=O) groups excluding carboxylic acids is 2. The van der Waals surface area contributed by atoms with Crippen LogP contribution < -0.4 is 0 Å². The molecule has 0 radical (unpaired) electrons. The van der Waals surface area contributed by atoms with E-state index in [2.05, 4.69) is 5.10 Å². The highest BCUT2D eigenvalue weighted by molar-refractivity contribution is 5.85. The lowest BCUT2D eigenvalue weighted by Gasteiger charge is -2.22. The van der Waals surface area contributed by atoms with Gasteiger partial charge in [0, 0.05) is 25.7 Å². The Labute approximate surface area is 121 Å². The van der Waals surface area contributed by atoms with E-state index in [-0.39, 0.29) is 24.6 Å². The van der Waals surface area contributed by atoms with Gasteiger partial charge in [-0.2, -0.15) is 5.10 Å². The van der Waals surface area contributed by atoms with Crippen LogP contribution >= 0.6 is 0 Å². The largest absolute Gasteiger partial charge is 0.476 e. The summed E-state index contributed by atoms with van der Waals surface area (Å²) in [6, 6.07) is 0.870. The number of nitrogens with zero attached hydrogens (tertiary/aromatic N) is 3. The number of amides is 1. The molecule has 0 aromatic carbocycles. The number of carboxylic acids is 1. The first-order chi connectivity index (χ1) is 10.0. The standard InChI is InChI=1S/C13H17N3O5/c1-21-13(20)10-3-2-6-16(10)11(17)5-8-15-7-4-9(14-15)12(18)19/h4,7,10H,2-3,5-6,8H2,1H3,(H,18,19). The van der Waals surface area contributed by atoms with Crippen molar-refractivity contribution >= 4 is 17.8 Å². The number of esters is 1. The number of aromatic nitrogens is 2. The minimum absolute atomic E-state index is 0.0592. The molecule has 2 rings (SSSR count). The van der Waals surface area contributed by atoms with Crippen molar-refractivity contribution in [2.24, 2.45) is 0 Å². The number of carboxylic acid groups (broad SMARTS) is 1. The summed E-state index contributed by atoms with van der Waals surface area (Å²) in [6.45, 7) is 0.814. The molecule has 1 fully saturated rings. The molecule has 0 aliphatic carbocycles. The van der Waals surface area contributed by atoms with Crippen LogP contribution in [0.4, 0.5) is 0 Å². The lowest BCUT2D eigenvalue weighted by molar-refractivity contribution is -0.151. The molecule has 1 amide bonds. The molecule has 8 heteroatoms. The van der Waals surface area contributed by atoms with Gasteiger partial charge in [0.15, 0.2) is 5.69 Å². The Kier molecular flexibility index (Phi) is 4.56. The van der Waals surface area contributed by atoms with Crippen LogP contribution in [-0.4, -0.2) is 57.3 Å². The van der Waals surface area contributed by atoms with Gasteiger partial charge in [-0.05, 0) is 18.9 Å². The summed E-state index contributed by atoms with van der Waals surface area (Å²) in [6.07, 6.45) is 3.06. The van der Waals surface area contributed by atoms with Gasteiger partial charge in [-0.1, -0.05) is 0 Å². The topological polar surface area (TPSA) is 102 Å². The van der Waals surface area contributed by atoms with E-state index < -0.39 is 18.0 Å². The van der Waals surface area contributed by atoms with Gasteiger partial charge < -0.3 is 14.7 Å².